The van der Waals surface area contributed by atoms with Crippen LogP contribution in [0.25, 0.3) is 0 Å². The van der Waals surface area contributed by atoms with Crippen molar-refractivity contribution >= 4 is 12.6 Å². The van der Waals surface area contributed by atoms with E-state index in [1.165, 1.54) is 54.4 Å². The molecule has 0 amide bonds. The average molecular weight is 424 g/mol. The number of benzene rings is 2. The van der Waals surface area contributed by atoms with Crippen molar-refractivity contribution in [1.29, 1.82) is 0 Å². The van der Waals surface area contributed by atoms with Crippen molar-refractivity contribution in [3.8, 4) is 11.5 Å². The minimum absolute atomic E-state index is 0.0421. The number of aromatic hydroxyl groups is 1. The Bertz CT molecular complexity index is 960. The van der Waals surface area contributed by atoms with Gasteiger partial charge in [-0.1, -0.05) is 37.1 Å². The fourth-order valence-corrected chi connectivity index (χ4v) is 7.31. The van der Waals surface area contributed by atoms with Gasteiger partial charge in [0.2, 0.25) is 0 Å². The molecule has 30 heavy (non-hydrogen) atoms. The van der Waals surface area contributed by atoms with Crippen molar-refractivity contribution in [3.63, 3.8) is 0 Å². The number of fused-ring (bicyclic) bond motifs is 1. The number of likely N-dealkylation sites (tertiary alicyclic amines) is 1. The Morgan fingerprint density at radius 1 is 1.10 bits per heavy atom. The molecule has 2 fully saturated rings. The molecule has 2 aromatic carbocycles. The van der Waals surface area contributed by atoms with E-state index in [1.807, 2.05) is 6.07 Å². The van der Waals surface area contributed by atoms with E-state index in [9.17, 15) is 5.11 Å². The van der Waals surface area contributed by atoms with Gasteiger partial charge < -0.3 is 9.84 Å². The highest BCUT2D eigenvalue weighted by atomic mass is 32.1. The van der Waals surface area contributed by atoms with Crippen molar-refractivity contribution in [2.45, 2.75) is 62.7 Å². The first-order valence-corrected chi connectivity index (χ1v) is 11.9. The fraction of sp³-hybridized carbons (Fsp3) is 0.538. The van der Waals surface area contributed by atoms with Crippen LogP contribution in [0, 0.1) is 12.3 Å². The number of ether oxygens (including phenoxy) is 1. The molecule has 4 heteroatoms. The van der Waals surface area contributed by atoms with Crippen LogP contribution >= 0.6 is 12.6 Å². The van der Waals surface area contributed by atoms with E-state index in [0.29, 0.717) is 5.75 Å². The van der Waals surface area contributed by atoms with Gasteiger partial charge in [-0.15, -0.1) is 0 Å². The summed E-state index contributed by atoms with van der Waals surface area (Å²) in [5.74, 6) is 1.44. The van der Waals surface area contributed by atoms with E-state index in [0.717, 1.165) is 31.7 Å². The molecule has 0 radical (unpaired) electrons. The number of aryl methyl sites for hydroxylation is 1. The molecule has 3 aliphatic rings. The second-order valence-corrected chi connectivity index (χ2v) is 10.2. The maximum atomic E-state index is 10.6. The number of thiol groups is 1. The van der Waals surface area contributed by atoms with E-state index in [1.54, 1.807) is 7.11 Å². The number of methoxy groups -OCH3 is 1. The lowest BCUT2D eigenvalue weighted by Gasteiger charge is -2.63. The van der Waals surface area contributed by atoms with Gasteiger partial charge in [0, 0.05) is 24.1 Å². The van der Waals surface area contributed by atoms with E-state index in [2.05, 4.69) is 42.2 Å². The molecule has 3 unspecified atom stereocenters. The summed E-state index contributed by atoms with van der Waals surface area (Å²) in [5.41, 5.74) is 5.52. The Morgan fingerprint density at radius 2 is 1.93 bits per heavy atom. The summed E-state index contributed by atoms with van der Waals surface area (Å²) in [6.45, 7) is 4.21. The molecular weight excluding hydrogens is 390 g/mol. The first-order chi connectivity index (χ1) is 14.5. The summed E-state index contributed by atoms with van der Waals surface area (Å²) < 4.78 is 5.70. The molecule has 1 heterocycles. The summed E-state index contributed by atoms with van der Waals surface area (Å²) in [5, 5.41) is 10.6. The molecule has 160 valence electrons. The van der Waals surface area contributed by atoms with Crippen molar-refractivity contribution < 1.29 is 9.84 Å². The van der Waals surface area contributed by atoms with E-state index in [4.69, 9.17) is 17.4 Å². The third-order valence-electron chi connectivity index (χ3n) is 8.39. The Labute approximate surface area is 185 Å². The van der Waals surface area contributed by atoms with Crippen LogP contribution in [-0.4, -0.2) is 30.2 Å². The zero-order valence-corrected chi connectivity index (χ0v) is 19.0. The zero-order valence-electron chi connectivity index (χ0n) is 18.2. The van der Waals surface area contributed by atoms with Crippen LogP contribution in [0.4, 0.5) is 0 Å². The lowest BCUT2D eigenvalue weighted by molar-refractivity contribution is -0.0521. The first-order valence-electron chi connectivity index (χ1n) is 11.4. The number of phenolic OH excluding ortho intramolecular Hbond substituents is 1. The highest BCUT2D eigenvalue weighted by Crippen LogP contribution is 2.63. The number of hydrogen-bond donors (Lipinski definition) is 2. The Balaban J connectivity index is 1.52. The maximum Gasteiger partial charge on any atom is 0.124 e. The zero-order chi connectivity index (χ0) is 20.9. The Hall–Kier alpha value is -1.65. The molecule has 3 atom stereocenters. The summed E-state index contributed by atoms with van der Waals surface area (Å²) >= 11 is 5.11. The lowest BCUT2D eigenvalue weighted by Crippen LogP contribution is -2.61. The Morgan fingerprint density at radius 3 is 2.77 bits per heavy atom. The standard InChI is InChI=1S/C26H33NO2S/c1-18-8-9-20(23(16-18)29-2)24(30)27-15-14-26-12-4-3-11-25(26,17-27)13-10-19-21(26)6-5-7-22(19)28/h5-9,16,24,28,30H,3-4,10-15,17H2,1-2H3. The van der Waals surface area contributed by atoms with Gasteiger partial charge in [0.1, 0.15) is 11.5 Å². The molecule has 1 aliphatic heterocycles. The number of phenols is 1. The van der Waals surface area contributed by atoms with Crippen LogP contribution in [0.15, 0.2) is 36.4 Å². The van der Waals surface area contributed by atoms with E-state index >= 15 is 0 Å². The van der Waals surface area contributed by atoms with Crippen LogP contribution in [0.2, 0.25) is 0 Å². The predicted molar refractivity (Wildman–Crippen MR) is 125 cm³/mol. The molecular formula is C26H33NO2S. The number of piperidine rings is 1. The van der Waals surface area contributed by atoms with Gasteiger partial charge in [0.25, 0.3) is 0 Å². The molecule has 1 N–H and O–H groups in total. The molecule has 5 rings (SSSR count). The number of hydrogen-bond acceptors (Lipinski definition) is 4. The highest BCUT2D eigenvalue weighted by Gasteiger charge is 2.58. The van der Waals surface area contributed by atoms with Crippen LogP contribution in [0.1, 0.15) is 66.2 Å². The maximum absolute atomic E-state index is 10.6. The van der Waals surface area contributed by atoms with E-state index < -0.39 is 0 Å². The van der Waals surface area contributed by atoms with Gasteiger partial charge in [-0.3, -0.25) is 4.90 Å². The van der Waals surface area contributed by atoms with Crippen molar-refractivity contribution in [1.82, 2.24) is 4.90 Å². The molecule has 1 saturated heterocycles. The van der Waals surface area contributed by atoms with E-state index in [-0.39, 0.29) is 16.2 Å². The van der Waals surface area contributed by atoms with Crippen LogP contribution in [0.5, 0.6) is 11.5 Å². The lowest BCUT2D eigenvalue weighted by atomic mass is 9.46. The van der Waals surface area contributed by atoms with Gasteiger partial charge in [-0.25, -0.2) is 0 Å². The third-order valence-corrected chi connectivity index (χ3v) is 8.99. The average Bonchev–Trinajstić information content (AvgIpc) is 2.77. The van der Waals surface area contributed by atoms with Crippen LogP contribution < -0.4 is 4.74 Å². The Kier molecular flexibility index (Phi) is 5.06. The number of nitrogens with zero attached hydrogens (tertiary/aromatic N) is 1. The van der Waals surface area contributed by atoms with Crippen LogP contribution in [0.3, 0.4) is 0 Å². The van der Waals surface area contributed by atoms with Crippen molar-refractivity contribution in [3.05, 3.63) is 58.7 Å². The van der Waals surface area contributed by atoms with Gasteiger partial charge in [0.05, 0.1) is 12.5 Å². The molecule has 2 aliphatic carbocycles. The summed E-state index contributed by atoms with van der Waals surface area (Å²) in [7, 11) is 1.75. The largest absolute Gasteiger partial charge is 0.508 e. The summed E-state index contributed by atoms with van der Waals surface area (Å²) in [6.07, 6.45) is 8.45. The molecule has 3 nitrogen and oxygen atoms in total. The quantitative estimate of drug-likeness (QED) is 0.613. The molecule has 0 spiro atoms. The minimum Gasteiger partial charge on any atom is -0.508 e. The second-order valence-electron chi connectivity index (χ2n) is 9.71. The second kappa shape index (κ2) is 7.49. The predicted octanol–water partition coefficient (Wildman–Crippen LogP) is 5.79. The molecule has 1 saturated carbocycles. The minimum atomic E-state index is 0.0421. The van der Waals surface area contributed by atoms with Gasteiger partial charge >= 0.3 is 0 Å². The smallest absolute Gasteiger partial charge is 0.124 e. The van der Waals surface area contributed by atoms with Gasteiger partial charge in [-0.05, 0) is 73.3 Å². The summed E-state index contributed by atoms with van der Waals surface area (Å²) in [4.78, 5) is 2.58. The fourth-order valence-electron chi connectivity index (χ4n) is 6.90. The van der Waals surface area contributed by atoms with Crippen molar-refractivity contribution in [2.24, 2.45) is 5.41 Å². The van der Waals surface area contributed by atoms with Crippen LogP contribution in [-0.2, 0) is 11.8 Å². The van der Waals surface area contributed by atoms with Gasteiger partial charge in [0.15, 0.2) is 0 Å². The normalized spacial score (nSPS) is 29.4. The topological polar surface area (TPSA) is 32.7 Å². The monoisotopic (exact) mass is 423 g/mol. The third kappa shape index (κ3) is 2.90. The first kappa shape index (κ1) is 20.3. The van der Waals surface area contributed by atoms with Gasteiger partial charge in [-0.2, -0.15) is 12.6 Å². The SMILES string of the molecule is COc1cc(C)ccc1C(S)N1CCC23CCCCC2(CCc2c(O)cccc23)C1. The molecule has 0 bridgehead atoms. The summed E-state index contributed by atoms with van der Waals surface area (Å²) in [6, 6.07) is 12.7. The number of rotatable bonds is 3. The van der Waals surface area contributed by atoms with Crippen molar-refractivity contribution in [2.75, 3.05) is 20.2 Å². The molecule has 0 aromatic heterocycles. The highest BCUT2D eigenvalue weighted by molar-refractivity contribution is 7.80. The molecule has 2 aromatic rings.